The van der Waals surface area contributed by atoms with E-state index < -0.39 is 5.41 Å². The molecule has 0 N–H and O–H groups in total. The van der Waals surface area contributed by atoms with Gasteiger partial charge < -0.3 is 19.3 Å². The van der Waals surface area contributed by atoms with Crippen LogP contribution in [0.15, 0.2) is 54.6 Å². The third kappa shape index (κ3) is 7.45. The number of hydrogen-bond acceptors (Lipinski definition) is 5. The van der Waals surface area contributed by atoms with Crippen LogP contribution in [-0.2, 0) is 20.9 Å². The maximum atomic E-state index is 13.4. The zero-order valence-corrected chi connectivity index (χ0v) is 21.8. The molecule has 0 saturated carbocycles. The van der Waals surface area contributed by atoms with Crippen LogP contribution in [0.1, 0.15) is 24.8 Å². The summed E-state index contributed by atoms with van der Waals surface area (Å²) in [5.74, 6) is 0.827. The minimum atomic E-state index is -0.469. The van der Waals surface area contributed by atoms with Gasteiger partial charge in [0, 0.05) is 56.6 Å². The van der Waals surface area contributed by atoms with E-state index in [0.29, 0.717) is 63.2 Å². The van der Waals surface area contributed by atoms with Gasteiger partial charge in [0.05, 0.1) is 26.4 Å². The number of amides is 2. The second kappa shape index (κ2) is 12.6. The molecule has 194 valence electrons. The molecular formula is C28H36ClN3O4. The van der Waals surface area contributed by atoms with Crippen LogP contribution in [0.4, 0.5) is 0 Å². The summed E-state index contributed by atoms with van der Waals surface area (Å²) in [6.45, 7) is 5.34. The zero-order chi connectivity index (χ0) is 25.4. The van der Waals surface area contributed by atoms with Gasteiger partial charge in [-0.2, -0.15) is 0 Å². The summed E-state index contributed by atoms with van der Waals surface area (Å²) in [7, 11) is 1.84. The van der Waals surface area contributed by atoms with E-state index in [1.807, 2.05) is 54.4 Å². The normalized spacial score (nSPS) is 20.7. The molecule has 2 aromatic carbocycles. The van der Waals surface area contributed by atoms with Gasteiger partial charge >= 0.3 is 0 Å². The van der Waals surface area contributed by atoms with Crippen LogP contribution >= 0.6 is 11.6 Å². The molecule has 2 heterocycles. The Labute approximate surface area is 218 Å². The summed E-state index contributed by atoms with van der Waals surface area (Å²) < 4.78 is 11.6. The van der Waals surface area contributed by atoms with Crippen molar-refractivity contribution >= 4 is 23.4 Å². The van der Waals surface area contributed by atoms with Crippen LogP contribution in [0.2, 0.25) is 5.02 Å². The summed E-state index contributed by atoms with van der Waals surface area (Å²) in [6, 6.07) is 17.3. The third-order valence-electron chi connectivity index (χ3n) is 7.03. The lowest BCUT2D eigenvalue weighted by Crippen LogP contribution is -2.53. The van der Waals surface area contributed by atoms with E-state index in [9.17, 15) is 9.59 Å². The number of hydrogen-bond donors (Lipinski definition) is 0. The molecule has 2 aromatic rings. The fraction of sp³-hybridized carbons (Fsp3) is 0.500. The third-order valence-corrected chi connectivity index (χ3v) is 7.27. The van der Waals surface area contributed by atoms with E-state index in [1.54, 1.807) is 17.0 Å². The first-order valence-electron chi connectivity index (χ1n) is 12.7. The predicted molar refractivity (Wildman–Crippen MR) is 140 cm³/mol. The Morgan fingerprint density at radius 2 is 1.86 bits per heavy atom. The maximum Gasteiger partial charge on any atom is 0.236 e. The lowest BCUT2D eigenvalue weighted by Gasteiger charge is -2.43. The van der Waals surface area contributed by atoms with Gasteiger partial charge in [-0.1, -0.05) is 48.0 Å². The molecule has 0 radical (unpaired) electrons. The van der Waals surface area contributed by atoms with Crippen LogP contribution in [0, 0.1) is 5.41 Å². The minimum Gasteiger partial charge on any atom is -0.493 e. The van der Waals surface area contributed by atoms with E-state index in [0.717, 1.165) is 31.5 Å². The summed E-state index contributed by atoms with van der Waals surface area (Å²) in [6.07, 6.45) is 1.97. The van der Waals surface area contributed by atoms with Crippen molar-refractivity contribution in [3.63, 3.8) is 0 Å². The Bertz CT molecular complexity index is 1010. The number of likely N-dealkylation sites (tertiary alicyclic amines) is 1. The smallest absolute Gasteiger partial charge is 0.236 e. The Morgan fingerprint density at radius 1 is 1.08 bits per heavy atom. The molecule has 1 atom stereocenters. The van der Waals surface area contributed by atoms with Crippen LogP contribution < -0.4 is 4.74 Å². The standard InChI is InChI=1S/C28H36ClN3O4/c1-30(19-23-7-3-2-4-8-23)26(33)18-28(22-36-25-10-5-9-24(29)17-25)11-6-12-32(21-28)27(34)20-31-13-15-35-16-14-31/h2-5,7-10,17H,6,11-16,18-22H2,1H3/t28-/m0/s1. The fourth-order valence-corrected chi connectivity index (χ4v) is 5.16. The highest BCUT2D eigenvalue weighted by molar-refractivity contribution is 6.30. The average molecular weight is 514 g/mol. The van der Waals surface area contributed by atoms with Crippen molar-refractivity contribution in [1.82, 2.24) is 14.7 Å². The number of carbonyl (C=O) groups excluding carboxylic acids is 2. The van der Waals surface area contributed by atoms with Crippen molar-refractivity contribution < 1.29 is 19.1 Å². The quantitative estimate of drug-likeness (QED) is 0.511. The Balaban J connectivity index is 1.46. The molecule has 8 heteroatoms. The van der Waals surface area contributed by atoms with Gasteiger partial charge in [-0.3, -0.25) is 14.5 Å². The lowest BCUT2D eigenvalue weighted by atomic mass is 9.77. The molecule has 2 aliphatic rings. The van der Waals surface area contributed by atoms with Gasteiger partial charge in [0.2, 0.25) is 11.8 Å². The number of piperidine rings is 1. The molecule has 2 fully saturated rings. The molecule has 7 nitrogen and oxygen atoms in total. The van der Waals surface area contributed by atoms with Crippen molar-refractivity contribution in [1.29, 1.82) is 0 Å². The Morgan fingerprint density at radius 3 is 2.61 bits per heavy atom. The first kappa shape index (κ1) is 26.5. The molecular weight excluding hydrogens is 478 g/mol. The second-order valence-corrected chi connectivity index (χ2v) is 10.4. The number of morpholine rings is 1. The van der Waals surface area contributed by atoms with Crippen LogP contribution in [0.5, 0.6) is 5.75 Å². The van der Waals surface area contributed by atoms with Crippen molar-refractivity contribution in [2.45, 2.75) is 25.8 Å². The molecule has 0 aliphatic carbocycles. The van der Waals surface area contributed by atoms with E-state index in [1.165, 1.54) is 0 Å². The molecule has 0 bridgehead atoms. The largest absolute Gasteiger partial charge is 0.493 e. The summed E-state index contributed by atoms with van der Waals surface area (Å²) in [5.41, 5.74) is 0.618. The first-order chi connectivity index (χ1) is 17.4. The van der Waals surface area contributed by atoms with Crippen LogP contribution in [0.3, 0.4) is 0 Å². The molecule has 0 aromatic heterocycles. The van der Waals surface area contributed by atoms with E-state index in [4.69, 9.17) is 21.1 Å². The van der Waals surface area contributed by atoms with Crippen molar-refractivity contribution in [3.8, 4) is 5.75 Å². The van der Waals surface area contributed by atoms with Gasteiger partial charge in [0.1, 0.15) is 5.75 Å². The number of halogens is 1. The fourth-order valence-electron chi connectivity index (χ4n) is 4.98. The summed E-state index contributed by atoms with van der Waals surface area (Å²) >= 11 is 6.15. The Hall–Kier alpha value is -2.61. The number of ether oxygens (including phenoxy) is 2. The molecule has 36 heavy (non-hydrogen) atoms. The summed E-state index contributed by atoms with van der Waals surface area (Å²) in [4.78, 5) is 32.5. The van der Waals surface area contributed by atoms with Crippen molar-refractivity contribution in [2.24, 2.45) is 5.41 Å². The zero-order valence-electron chi connectivity index (χ0n) is 21.0. The molecule has 0 unspecified atom stereocenters. The predicted octanol–water partition coefficient (Wildman–Crippen LogP) is 3.71. The molecule has 0 spiro atoms. The van der Waals surface area contributed by atoms with E-state index in [2.05, 4.69) is 4.90 Å². The van der Waals surface area contributed by atoms with Crippen LogP contribution in [-0.4, -0.2) is 86.1 Å². The van der Waals surface area contributed by atoms with E-state index >= 15 is 0 Å². The van der Waals surface area contributed by atoms with Crippen molar-refractivity contribution in [3.05, 3.63) is 65.2 Å². The topological polar surface area (TPSA) is 62.3 Å². The maximum absolute atomic E-state index is 13.4. The molecule has 4 rings (SSSR count). The van der Waals surface area contributed by atoms with Gasteiger partial charge in [0.15, 0.2) is 0 Å². The minimum absolute atomic E-state index is 0.0519. The van der Waals surface area contributed by atoms with E-state index in [-0.39, 0.29) is 11.8 Å². The SMILES string of the molecule is CN(Cc1ccccc1)C(=O)C[C@@]1(COc2cccc(Cl)c2)CCCN(C(=O)CN2CCOCC2)C1. The highest BCUT2D eigenvalue weighted by Crippen LogP contribution is 2.35. The van der Waals surface area contributed by atoms with Crippen LogP contribution in [0.25, 0.3) is 0 Å². The average Bonchev–Trinajstić information content (AvgIpc) is 2.89. The molecule has 2 saturated heterocycles. The number of rotatable bonds is 9. The number of benzene rings is 2. The molecule has 2 aliphatic heterocycles. The lowest BCUT2D eigenvalue weighted by molar-refractivity contribution is -0.142. The van der Waals surface area contributed by atoms with Gasteiger partial charge in [-0.15, -0.1) is 0 Å². The number of nitrogens with zero attached hydrogens (tertiary/aromatic N) is 3. The molecule has 2 amide bonds. The second-order valence-electron chi connectivity index (χ2n) is 9.97. The highest BCUT2D eigenvalue weighted by Gasteiger charge is 2.40. The summed E-state index contributed by atoms with van der Waals surface area (Å²) in [5, 5.41) is 0.603. The van der Waals surface area contributed by atoms with Gasteiger partial charge in [0.25, 0.3) is 0 Å². The first-order valence-corrected chi connectivity index (χ1v) is 13.0. The monoisotopic (exact) mass is 513 g/mol. The van der Waals surface area contributed by atoms with Gasteiger partial charge in [-0.05, 0) is 36.6 Å². The number of carbonyl (C=O) groups is 2. The Kier molecular flexibility index (Phi) is 9.24. The van der Waals surface area contributed by atoms with Crippen molar-refractivity contribution in [2.75, 3.05) is 59.6 Å². The highest BCUT2D eigenvalue weighted by atomic mass is 35.5. The van der Waals surface area contributed by atoms with Gasteiger partial charge in [-0.25, -0.2) is 0 Å².